The average molecular weight is 287 g/mol. The van der Waals surface area contributed by atoms with Gasteiger partial charge in [-0.2, -0.15) is 5.26 Å². The maximum Gasteiger partial charge on any atom is 0.125 e. The van der Waals surface area contributed by atoms with Crippen LogP contribution in [-0.4, -0.2) is 0 Å². The number of ether oxygens (including phenoxy) is 1. The van der Waals surface area contributed by atoms with Gasteiger partial charge in [-0.05, 0) is 55.3 Å². The van der Waals surface area contributed by atoms with E-state index in [1.54, 1.807) is 18.2 Å². The molecule has 4 heteroatoms. The molecule has 20 heavy (non-hydrogen) atoms. The molecular weight excluding hydrogens is 272 g/mol. The minimum Gasteiger partial charge on any atom is -0.488 e. The second-order valence-corrected chi connectivity index (χ2v) is 5.10. The number of nitrogen functional groups attached to an aromatic ring is 1. The molecule has 0 radical (unpaired) electrons. The van der Waals surface area contributed by atoms with Crippen molar-refractivity contribution in [2.75, 3.05) is 5.73 Å². The molecular formula is C16H15ClN2O. The van der Waals surface area contributed by atoms with Gasteiger partial charge in [-0.15, -0.1) is 0 Å². The van der Waals surface area contributed by atoms with Crippen molar-refractivity contribution in [3.05, 3.63) is 57.6 Å². The highest BCUT2D eigenvalue weighted by molar-refractivity contribution is 6.31. The first-order valence-corrected chi connectivity index (χ1v) is 6.57. The van der Waals surface area contributed by atoms with Crippen molar-refractivity contribution in [2.45, 2.75) is 20.5 Å². The summed E-state index contributed by atoms with van der Waals surface area (Å²) >= 11 is 6.11. The molecule has 0 bridgehead atoms. The summed E-state index contributed by atoms with van der Waals surface area (Å²) in [4.78, 5) is 0. The Balaban J connectivity index is 2.23. The van der Waals surface area contributed by atoms with Gasteiger partial charge >= 0.3 is 0 Å². The van der Waals surface area contributed by atoms with Gasteiger partial charge in [0.05, 0.1) is 11.6 Å². The summed E-state index contributed by atoms with van der Waals surface area (Å²) in [6.07, 6.45) is 0. The number of rotatable bonds is 3. The van der Waals surface area contributed by atoms with E-state index in [0.29, 0.717) is 22.9 Å². The molecule has 2 aromatic carbocycles. The van der Waals surface area contributed by atoms with Crippen LogP contribution >= 0.6 is 11.6 Å². The lowest BCUT2D eigenvalue weighted by atomic mass is 10.1. The summed E-state index contributed by atoms with van der Waals surface area (Å²) in [6, 6.07) is 11.1. The Morgan fingerprint density at radius 3 is 2.45 bits per heavy atom. The van der Waals surface area contributed by atoms with Crippen LogP contribution in [0.3, 0.4) is 0 Å². The summed E-state index contributed by atoms with van der Waals surface area (Å²) in [6.45, 7) is 4.19. The third kappa shape index (κ3) is 3.04. The van der Waals surface area contributed by atoms with Crippen molar-refractivity contribution in [3.63, 3.8) is 0 Å². The van der Waals surface area contributed by atoms with Crippen molar-refractivity contribution in [1.29, 1.82) is 5.26 Å². The van der Waals surface area contributed by atoms with Gasteiger partial charge in [0.2, 0.25) is 0 Å². The summed E-state index contributed by atoms with van der Waals surface area (Å²) in [5, 5.41) is 9.56. The predicted molar refractivity (Wildman–Crippen MR) is 80.8 cm³/mol. The second-order valence-electron chi connectivity index (χ2n) is 4.69. The molecule has 0 saturated heterocycles. The number of nitrogens with two attached hydrogens (primary N) is 1. The third-order valence-corrected chi connectivity index (χ3v) is 3.40. The number of benzene rings is 2. The van der Waals surface area contributed by atoms with Crippen molar-refractivity contribution >= 4 is 17.3 Å². The Hall–Kier alpha value is -2.18. The molecule has 2 aromatic rings. The quantitative estimate of drug-likeness (QED) is 0.868. The maximum atomic E-state index is 8.93. The van der Waals surface area contributed by atoms with Crippen LogP contribution in [0.15, 0.2) is 30.3 Å². The second kappa shape index (κ2) is 5.85. The number of aryl methyl sites for hydroxylation is 2. The van der Waals surface area contributed by atoms with E-state index in [4.69, 9.17) is 27.3 Å². The Kier molecular flexibility index (Phi) is 4.16. The summed E-state index contributed by atoms with van der Waals surface area (Å²) in [5.41, 5.74) is 9.74. The number of nitrogens with zero attached hydrogens (tertiary/aromatic N) is 1. The SMILES string of the molecule is Cc1cc(C#N)cc(C)c1OCc1cc(N)ccc1Cl. The monoisotopic (exact) mass is 286 g/mol. The van der Waals surface area contributed by atoms with Crippen LogP contribution in [-0.2, 0) is 6.61 Å². The largest absolute Gasteiger partial charge is 0.488 e. The Labute approximate surface area is 123 Å². The average Bonchev–Trinajstić information content (AvgIpc) is 2.41. The third-order valence-electron chi connectivity index (χ3n) is 3.03. The van der Waals surface area contributed by atoms with E-state index in [-0.39, 0.29) is 0 Å². The van der Waals surface area contributed by atoms with Crippen LogP contribution in [0.1, 0.15) is 22.3 Å². The molecule has 0 unspecified atom stereocenters. The smallest absolute Gasteiger partial charge is 0.125 e. The standard InChI is InChI=1S/C16H15ClN2O/c1-10-5-12(8-18)6-11(2)16(10)20-9-13-7-14(19)3-4-15(13)17/h3-7H,9,19H2,1-2H3. The Bertz CT molecular complexity index is 666. The molecule has 0 spiro atoms. The summed E-state index contributed by atoms with van der Waals surface area (Å²) in [7, 11) is 0. The van der Waals surface area contributed by atoms with Crippen molar-refractivity contribution in [1.82, 2.24) is 0 Å². The van der Waals surface area contributed by atoms with Gasteiger partial charge in [0.15, 0.2) is 0 Å². The van der Waals surface area contributed by atoms with E-state index < -0.39 is 0 Å². The Morgan fingerprint density at radius 1 is 1.20 bits per heavy atom. The van der Waals surface area contributed by atoms with Gasteiger partial charge < -0.3 is 10.5 Å². The molecule has 0 aliphatic heterocycles. The van der Waals surface area contributed by atoms with Crippen LogP contribution in [0.5, 0.6) is 5.75 Å². The van der Waals surface area contributed by atoms with Crippen LogP contribution in [0.2, 0.25) is 5.02 Å². The first-order valence-electron chi connectivity index (χ1n) is 6.19. The number of halogens is 1. The lowest BCUT2D eigenvalue weighted by Crippen LogP contribution is -2.01. The van der Waals surface area contributed by atoms with Crippen LogP contribution in [0.25, 0.3) is 0 Å². The normalized spacial score (nSPS) is 10.1. The number of hydrogen-bond donors (Lipinski definition) is 1. The van der Waals surface area contributed by atoms with Crippen LogP contribution < -0.4 is 10.5 Å². The first-order chi connectivity index (χ1) is 9.51. The van der Waals surface area contributed by atoms with Gasteiger partial charge in [0.25, 0.3) is 0 Å². The van der Waals surface area contributed by atoms with Gasteiger partial charge in [-0.3, -0.25) is 0 Å². The zero-order valence-corrected chi connectivity index (χ0v) is 12.2. The minimum absolute atomic E-state index is 0.345. The van der Waals surface area contributed by atoms with E-state index in [2.05, 4.69) is 6.07 Å². The summed E-state index contributed by atoms with van der Waals surface area (Å²) < 4.78 is 5.84. The molecule has 0 fully saturated rings. The lowest BCUT2D eigenvalue weighted by molar-refractivity contribution is 0.302. The van der Waals surface area contributed by atoms with Gasteiger partial charge in [0.1, 0.15) is 12.4 Å². The Morgan fingerprint density at radius 2 is 1.85 bits per heavy atom. The molecule has 0 aromatic heterocycles. The fourth-order valence-corrected chi connectivity index (χ4v) is 2.27. The van der Waals surface area contributed by atoms with Crippen LogP contribution in [0, 0.1) is 25.2 Å². The fraction of sp³-hybridized carbons (Fsp3) is 0.188. The number of nitriles is 1. The maximum absolute atomic E-state index is 8.93. The van der Waals surface area contributed by atoms with E-state index in [1.807, 2.05) is 26.0 Å². The van der Waals surface area contributed by atoms with Gasteiger partial charge in [0, 0.05) is 16.3 Å². The highest BCUT2D eigenvalue weighted by atomic mass is 35.5. The van der Waals surface area contributed by atoms with Crippen molar-refractivity contribution in [2.24, 2.45) is 0 Å². The molecule has 3 nitrogen and oxygen atoms in total. The van der Waals surface area contributed by atoms with E-state index in [1.165, 1.54) is 0 Å². The number of anilines is 1. The fourth-order valence-electron chi connectivity index (χ4n) is 2.10. The zero-order valence-electron chi connectivity index (χ0n) is 11.4. The summed E-state index contributed by atoms with van der Waals surface area (Å²) in [5.74, 6) is 0.780. The molecule has 102 valence electrons. The van der Waals surface area contributed by atoms with Crippen molar-refractivity contribution in [3.8, 4) is 11.8 Å². The zero-order chi connectivity index (χ0) is 14.7. The molecule has 0 aliphatic rings. The van der Waals surface area contributed by atoms with Crippen molar-refractivity contribution < 1.29 is 4.74 Å². The minimum atomic E-state index is 0.345. The van der Waals surface area contributed by atoms with Gasteiger partial charge in [-0.25, -0.2) is 0 Å². The lowest BCUT2D eigenvalue weighted by Gasteiger charge is -2.13. The highest BCUT2D eigenvalue weighted by Crippen LogP contribution is 2.27. The molecule has 2 N–H and O–H groups in total. The first kappa shape index (κ1) is 14.2. The topological polar surface area (TPSA) is 59.0 Å². The highest BCUT2D eigenvalue weighted by Gasteiger charge is 2.08. The number of hydrogen-bond acceptors (Lipinski definition) is 3. The van der Waals surface area contributed by atoms with E-state index >= 15 is 0 Å². The molecule has 0 aliphatic carbocycles. The van der Waals surface area contributed by atoms with E-state index in [9.17, 15) is 0 Å². The van der Waals surface area contributed by atoms with Crippen LogP contribution in [0.4, 0.5) is 5.69 Å². The van der Waals surface area contributed by atoms with E-state index in [0.717, 1.165) is 22.4 Å². The molecule has 0 amide bonds. The molecule has 0 atom stereocenters. The predicted octanol–water partition coefficient (Wildman–Crippen LogP) is 3.99. The molecule has 2 rings (SSSR count). The molecule has 0 saturated carbocycles. The van der Waals surface area contributed by atoms with Gasteiger partial charge in [-0.1, -0.05) is 11.6 Å². The molecule has 0 heterocycles.